The SMILES string of the molecule is CCC1C(=O)NCCN1Cc1cc(F)cc(CN)c1. The van der Waals surface area contributed by atoms with Crippen LogP contribution in [0.25, 0.3) is 0 Å². The number of carbonyl (C=O) groups excluding carboxylic acids is 1. The molecule has 104 valence electrons. The van der Waals surface area contributed by atoms with E-state index in [2.05, 4.69) is 10.2 Å². The molecule has 1 aromatic rings. The van der Waals surface area contributed by atoms with Gasteiger partial charge in [0.05, 0.1) is 6.04 Å². The second kappa shape index (κ2) is 6.12. The predicted octanol–water partition coefficient (Wildman–Crippen LogP) is 0.995. The zero-order valence-electron chi connectivity index (χ0n) is 11.2. The van der Waals surface area contributed by atoms with Crippen LogP contribution in [-0.2, 0) is 17.9 Å². The number of hydrogen-bond donors (Lipinski definition) is 2. The summed E-state index contributed by atoms with van der Waals surface area (Å²) in [5, 5.41) is 2.86. The van der Waals surface area contributed by atoms with E-state index >= 15 is 0 Å². The van der Waals surface area contributed by atoms with E-state index in [-0.39, 0.29) is 17.8 Å². The molecular weight excluding hydrogens is 245 g/mol. The van der Waals surface area contributed by atoms with Gasteiger partial charge in [0.25, 0.3) is 0 Å². The summed E-state index contributed by atoms with van der Waals surface area (Å²) < 4.78 is 13.5. The van der Waals surface area contributed by atoms with Gasteiger partial charge < -0.3 is 11.1 Å². The van der Waals surface area contributed by atoms with Crippen molar-refractivity contribution in [3.63, 3.8) is 0 Å². The lowest BCUT2D eigenvalue weighted by molar-refractivity contribution is -0.129. The van der Waals surface area contributed by atoms with Crippen molar-refractivity contribution in [3.8, 4) is 0 Å². The highest BCUT2D eigenvalue weighted by Crippen LogP contribution is 2.16. The van der Waals surface area contributed by atoms with E-state index in [1.54, 1.807) is 0 Å². The minimum Gasteiger partial charge on any atom is -0.353 e. The van der Waals surface area contributed by atoms with Crippen molar-refractivity contribution in [2.75, 3.05) is 13.1 Å². The lowest BCUT2D eigenvalue weighted by Crippen LogP contribution is -2.54. The van der Waals surface area contributed by atoms with Gasteiger partial charge in [0.1, 0.15) is 5.82 Å². The number of rotatable bonds is 4. The molecule has 19 heavy (non-hydrogen) atoms. The second-order valence-corrected chi connectivity index (χ2v) is 4.86. The van der Waals surface area contributed by atoms with Crippen molar-refractivity contribution in [1.29, 1.82) is 0 Å². The molecule has 3 N–H and O–H groups in total. The van der Waals surface area contributed by atoms with Gasteiger partial charge in [0.2, 0.25) is 5.91 Å². The highest BCUT2D eigenvalue weighted by molar-refractivity contribution is 5.82. The fraction of sp³-hybridized carbons (Fsp3) is 0.500. The molecule has 0 aliphatic carbocycles. The average Bonchev–Trinajstić information content (AvgIpc) is 2.38. The van der Waals surface area contributed by atoms with Gasteiger partial charge >= 0.3 is 0 Å². The number of nitrogens with one attached hydrogen (secondary N) is 1. The molecule has 0 radical (unpaired) electrons. The third-order valence-corrected chi connectivity index (χ3v) is 3.47. The standard InChI is InChI=1S/C14H20FN3O/c1-2-13-14(19)17-3-4-18(13)9-11-5-10(8-16)6-12(15)7-11/h5-7,13H,2-4,8-9,16H2,1H3,(H,17,19). The Morgan fingerprint density at radius 3 is 2.84 bits per heavy atom. The van der Waals surface area contributed by atoms with Crippen LogP contribution in [0.5, 0.6) is 0 Å². The van der Waals surface area contributed by atoms with Gasteiger partial charge in [-0.2, -0.15) is 0 Å². The van der Waals surface area contributed by atoms with Gasteiger partial charge in [-0.1, -0.05) is 13.0 Å². The first-order valence-corrected chi connectivity index (χ1v) is 6.64. The number of carbonyl (C=O) groups is 1. The zero-order chi connectivity index (χ0) is 13.8. The molecule has 5 heteroatoms. The number of nitrogens with two attached hydrogens (primary N) is 1. The Hall–Kier alpha value is -1.46. The van der Waals surface area contributed by atoms with Gasteiger partial charge in [0.15, 0.2) is 0 Å². The van der Waals surface area contributed by atoms with E-state index < -0.39 is 0 Å². The molecule has 2 rings (SSSR count). The molecule has 1 saturated heterocycles. The molecular formula is C14H20FN3O. The molecule has 0 bridgehead atoms. The molecule has 0 aromatic heterocycles. The minimum absolute atomic E-state index is 0.0594. The summed E-state index contributed by atoms with van der Waals surface area (Å²) in [6, 6.07) is 4.74. The molecule has 4 nitrogen and oxygen atoms in total. The van der Waals surface area contributed by atoms with Crippen LogP contribution in [0.15, 0.2) is 18.2 Å². The van der Waals surface area contributed by atoms with Crippen molar-refractivity contribution in [2.45, 2.75) is 32.5 Å². The Morgan fingerprint density at radius 1 is 1.42 bits per heavy atom. The molecule has 1 fully saturated rings. The number of hydrogen-bond acceptors (Lipinski definition) is 3. The van der Waals surface area contributed by atoms with Crippen LogP contribution in [0.1, 0.15) is 24.5 Å². The number of amides is 1. The van der Waals surface area contributed by atoms with Crippen LogP contribution < -0.4 is 11.1 Å². The molecule has 0 saturated carbocycles. The van der Waals surface area contributed by atoms with Crippen LogP contribution in [0.4, 0.5) is 4.39 Å². The summed E-state index contributed by atoms with van der Waals surface area (Å²) in [7, 11) is 0. The normalized spacial score (nSPS) is 20.4. The van der Waals surface area contributed by atoms with Crippen LogP contribution in [0, 0.1) is 5.82 Å². The van der Waals surface area contributed by atoms with Gasteiger partial charge in [-0.05, 0) is 29.7 Å². The Kier molecular flexibility index (Phi) is 4.50. The summed E-state index contributed by atoms with van der Waals surface area (Å²) >= 11 is 0. The predicted molar refractivity (Wildman–Crippen MR) is 71.8 cm³/mol. The van der Waals surface area contributed by atoms with Crippen molar-refractivity contribution < 1.29 is 9.18 Å². The summed E-state index contributed by atoms with van der Waals surface area (Å²) in [5.74, 6) is -0.211. The number of nitrogens with zero attached hydrogens (tertiary/aromatic N) is 1. The average molecular weight is 265 g/mol. The lowest BCUT2D eigenvalue weighted by atomic mass is 10.1. The van der Waals surface area contributed by atoms with Crippen molar-refractivity contribution in [2.24, 2.45) is 5.73 Å². The minimum atomic E-state index is -0.271. The summed E-state index contributed by atoms with van der Waals surface area (Å²) in [6.07, 6.45) is 0.755. The van der Waals surface area contributed by atoms with Crippen molar-refractivity contribution in [3.05, 3.63) is 35.1 Å². The zero-order valence-corrected chi connectivity index (χ0v) is 11.2. The molecule has 1 aliphatic rings. The molecule has 1 aromatic carbocycles. The van der Waals surface area contributed by atoms with Gasteiger partial charge in [0, 0.05) is 26.2 Å². The smallest absolute Gasteiger partial charge is 0.237 e. The lowest BCUT2D eigenvalue weighted by Gasteiger charge is -2.34. The van der Waals surface area contributed by atoms with E-state index in [9.17, 15) is 9.18 Å². The second-order valence-electron chi connectivity index (χ2n) is 4.86. The van der Waals surface area contributed by atoms with E-state index in [4.69, 9.17) is 5.73 Å². The first kappa shape index (κ1) is 14.0. The first-order valence-electron chi connectivity index (χ1n) is 6.64. The number of benzene rings is 1. The van der Waals surface area contributed by atoms with Crippen LogP contribution in [-0.4, -0.2) is 29.9 Å². The highest BCUT2D eigenvalue weighted by Gasteiger charge is 2.27. The fourth-order valence-corrected chi connectivity index (χ4v) is 2.56. The quantitative estimate of drug-likeness (QED) is 0.853. The van der Waals surface area contributed by atoms with E-state index in [1.807, 2.05) is 13.0 Å². The Morgan fingerprint density at radius 2 is 2.16 bits per heavy atom. The molecule has 1 unspecified atom stereocenters. The van der Waals surface area contributed by atoms with E-state index in [0.29, 0.717) is 19.6 Å². The summed E-state index contributed by atoms with van der Waals surface area (Å²) in [5.41, 5.74) is 7.20. The van der Waals surface area contributed by atoms with Crippen molar-refractivity contribution in [1.82, 2.24) is 10.2 Å². The van der Waals surface area contributed by atoms with Crippen molar-refractivity contribution >= 4 is 5.91 Å². The third-order valence-electron chi connectivity index (χ3n) is 3.47. The maximum absolute atomic E-state index is 13.5. The van der Waals surface area contributed by atoms with Crippen LogP contribution in [0.3, 0.4) is 0 Å². The maximum Gasteiger partial charge on any atom is 0.237 e. The summed E-state index contributed by atoms with van der Waals surface area (Å²) in [4.78, 5) is 13.9. The van der Waals surface area contributed by atoms with Gasteiger partial charge in [-0.15, -0.1) is 0 Å². The van der Waals surface area contributed by atoms with Crippen LogP contribution in [0.2, 0.25) is 0 Å². The monoisotopic (exact) mass is 265 g/mol. The third kappa shape index (κ3) is 3.30. The Labute approximate surface area is 112 Å². The maximum atomic E-state index is 13.5. The highest BCUT2D eigenvalue weighted by atomic mass is 19.1. The Balaban J connectivity index is 2.15. The van der Waals surface area contributed by atoms with E-state index in [0.717, 1.165) is 24.1 Å². The van der Waals surface area contributed by atoms with Crippen LogP contribution >= 0.6 is 0 Å². The Bertz CT molecular complexity index is 464. The molecule has 1 aliphatic heterocycles. The van der Waals surface area contributed by atoms with Gasteiger partial charge in [-0.3, -0.25) is 9.69 Å². The number of halogens is 1. The molecule has 1 atom stereocenters. The van der Waals surface area contributed by atoms with Gasteiger partial charge in [-0.25, -0.2) is 4.39 Å². The fourth-order valence-electron chi connectivity index (χ4n) is 2.56. The topological polar surface area (TPSA) is 58.4 Å². The summed E-state index contributed by atoms with van der Waals surface area (Å²) in [6.45, 7) is 4.33. The molecule has 1 amide bonds. The molecule has 0 spiro atoms. The first-order chi connectivity index (χ1) is 9.13. The largest absolute Gasteiger partial charge is 0.353 e. The molecule has 1 heterocycles. The van der Waals surface area contributed by atoms with E-state index in [1.165, 1.54) is 12.1 Å². The number of piperazine rings is 1.